The average Bonchev–Trinajstić information content (AvgIpc) is 2.83. The Balaban J connectivity index is 0.00000225. The summed E-state index contributed by atoms with van der Waals surface area (Å²) in [6.07, 6.45) is 1.44. The Kier molecular flexibility index (Phi) is 6.87. The van der Waals surface area contributed by atoms with Gasteiger partial charge in [-0.1, -0.05) is 15.9 Å². The Hall–Kier alpha value is -1.12. The van der Waals surface area contributed by atoms with Gasteiger partial charge >= 0.3 is 0 Å². The van der Waals surface area contributed by atoms with Crippen LogP contribution in [0.4, 0.5) is 0 Å². The number of aliphatic hydroxyl groups excluding tert-OH is 1. The topological polar surface area (TPSA) is 38.3 Å². The van der Waals surface area contributed by atoms with Gasteiger partial charge in [-0.05, 0) is 61.4 Å². The molecule has 1 aromatic heterocycles. The van der Waals surface area contributed by atoms with Crippen molar-refractivity contribution in [3.05, 3.63) is 58.3 Å². The molecule has 1 unspecified atom stereocenters. The standard InChI is InChI=1S/C19H22BrN2O2.HI/c1-13-8-18-19(9-14(13)2)22(12-21(18)3)10-16(23)11-24-17-6-4-15(20)5-7-17;/h4-9,12,16,23H,10-11H2,1-3H3;1H/q+1;/p-1. The second kappa shape index (κ2) is 8.51. The van der Waals surface area contributed by atoms with E-state index in [0.717, 1.165) is 15.7 Å². The lowest BCUT2D eigenvalue weighted by molar-refractivity contribution is -0.645. The summed E-state index contributed by atoms with van der Waals surface area (Å²) in [6, 6.07) is 12.0. The van der Waals surface area contributed by atoms with Gasteiger partial charge in [-0.15, -0.1) is 0 Å². The number of aryl methyl sites for hydroxylation is 3. The number of imidazole rings is 1. The van der Waals surface area contributed by atoms with Gasteiger partial charge < -0.3 is 33.8 Å². The minimum atomic E-state index is -0.578. The number of aliphatic hydroxyl groups is 1. The predicted molar refractivity (Wildman–Crippen MR) is 98.2 cm³/mol. The van der Waals surface area contributed by atoms with Gasteiger partial charge in [-0.25, -0.2) is 9.13 Å². The van der Waals surface area contributed by atoms with Crippen LogP contribution in [0.5, 0.6) is 5.75 Å². The quantitative estimate of drug-likeness (QED) is 0.391. The van der Waals surface area contributed by atoms with Crippen LogP contribution in [0, 0.1) is 13.8 Å². The van der Waals surface area contributed by atoms with Crippen LogP contribution < -0.4 is 33.3 Å². The zero-order valence-corrected chi connectivity index (χ0v) is 18.3. The third-order valence-electron chi connectivity index (χ3n) is 4.26. The summed E-state index contributed by atoms with van der Waals surface area (Å²) in [5.41, 5.74) is 4.82. The van der Waals surface area contributed by atoms with Crippen molar-refractivity contribution in [2.24, 2.45) is 7.05 Å². The van der Waals surface area contributed by atoms with Crippen LogP contribution in [0.25, 0.3) is 11.0 Å². The van der Waals surface area contributed by atoms with Crippen LogP contribution in [0.3, 0.4) is 0 Å². The monoisotopic (exact) mass is 516 g/mol. The summed E-state index contributed by atoms with van der Waals surface area (Å²) in [7, 11) is 2.03. The fourth-order valence-corrected chi connectivity index (χ4v) is 3.04. The maximum absolute atomic E-state index is 10.3. The molecular formula is C19H22BrIN2O2. The van der Waals surface area contributed by atoms with Crippen LogP contribution in [-0.4, -0.2) is 22.4 Å². The molecule has 0 bridgehead atoms. The van der Waals surface area contributed by atoms with E-state index in [9.17, 15) is 5.11 Å². The molecule has 134 valence electrons. The van der Waals surface area contributed by atoms with Crippen molar-refractivity contribution in [3.63, 3.8) is 0 Å². The lowest BCUT2D eigenvalue weighted by Gasteiger charge is -2.11. The summed E-state index contributed by atoms with van der Waals surface area (Å²) in [5.74, 6) is 0.756. The summed E-state index contributed by atoms with van der Waals surface area (Å²) >= 11 is 3.40. The largest absolute Gasteiger partial charge is 1.00 e. The third-order valence-corrected chi connectivity index (χ3v) is 4.79. The van der Waals surface area contributed by atoms with E-state index in [0.29, 0.717) is 6.54 Å². The van der Waals surface area contributed by atoms with Gasteiger partial charge in [0, 0.05) is 4.47 Å². The number of halogens is 2. The molecule has 1 heterocycles. The first kappa shape index (κ1) is 20.2. The zero-order chi connectivity index (χ0) is 17.3. The molecule has 0 aliphatic carbocycles. The molecule has 0 saturated heterocycles. The summed E-state index contributed by atoms with van der Waals surface area (Å²) in [6.45, 7) is 4.98. The third kappa shape index (κ3) is 4.74. The van der Waals surface area contributed by atoms with Crippen molar-refractivity contribution in [1.29, 1.82) is 0 Å². The number of aromatic nitrogens is 2. The number of hydrogen-bond acceptors (Lipinski definition) is 2. The molecule has 0 aliphatic heterocycles. The van der Waals surface area contributed by atoms with Gasteiger partial charge in [0.2, 0.25) is 6.33 Å². The van der Waals surface area contributed by atoms with Gasteiger partial charge in [-0.2, -0.15) is 0 Å². The molecule has 1 N–H and O–H groups in total. The van der Waals surface area contributed by atoms with Crippen LogP contribution in [0.15, 0.2) is 47.2 Å². The number of rotatable bonds is 5. The Morgan fingerprint density at radius 2 is 1.80 bits per heavy atom. The smallest absolute Gasteiger partial charge is 0.244 e. The molecule has 4 nitrogen and oxygen atoms in total. The van der Waals surface area contributed by atoms with Crippen molar-refractivity contribution < 1.29 is 38.4 Å². The molecule has 0 amide bonds. The minimum Gasteiger partial charge on any atom is -1.00 e. The Morgan fingerprint density at radius 3 is 2.48 bits per heavy atom. The SMILES string of the molecule is Cc1cc2c(cc1C)[n+](C)cn2CC(O)COc1ccc(Br)cc1.[I-]. The summed E-state index contributed by atoms with van der Waals surface area (Å²) in [4.78, 5) is 0. The number of benzene rings is 2. The zero-order valence-electron chi connectivity index (χ0n) is 14.5. The molecule has 0 radical (unpaired) electrons. The van der Waals surface area contributed by atoms with Gasteiger partial charge in [-0.3, -0.25) is 0 Å². The molecule has 1 atom stereocenters. The molecule has 3 aromatic rings. The molecule has 0 aliphatic rings. The van der Waals surface area contributed by atoms with E-state index in [1.54, 1.807) is 0 Å². The van der Waals surface area contributed by atoms with Gasteiger partial charge in [0.15, 0.2) is 11.0 Å². The first-order valence-electron chi connectivity index (χ1n) is 7.96. The highest BCUT2D eigenvalue weighted by Crippen LogP contribution is 2.18. The molecule has 0 saturated carbocycles. The van der Waals surface area contributed by atoms with Crippen molar-refractivity contribution >= 4 is 27.0 Å². The van der Waals surface area contributed by atoms with E-state index in [1.165, 1.54) is 16.6 Å². The highest BCUT2D eigenvalue weighted by atomic mass is 127. The van der Waals surface area contributed by atoms with E-state index in [1.807, 2.05) is 37.6 Å². The van der Waals surface area contributed by atoms with Crippen LogP contribution >= 0.6 is 15.9 Å². The van der Waals surface area contributed by atoms with Gasteiger partial charge in [0.25, 0.3) is 0 Å². The van der Waals surface area contributed by atoms with E-state index >= 15 is 0 Å². The number of nitrogens with zero attached hydrogens (tertiary/aromatic N) is 2. The molecule has 0 fully saturated rings. The Morgan fingerprint density at radius 1 is 1.16 bits per heavy atom. The fraction of sp³-hybridized carbons (Fsp3) is 0.316. The lowest BCUT2D eigenvalue weighted by atomic mass is 10.1. The second-order valence-electron chi connectivity index (χ2n) is 6.22. The predicted octanol–water partition coefficient (Wildman–Crippen LogP) is 0.289. The molecule has 25 heavy (non-hydrogen) atoms. The molecule has 0 spiro atoms. The van der Waals surface area contributed by atoms with E-state index < -0.39 is 6.10 Å². The molecular weight excluding hydrogens is 495 g/mol. The highest BCUT2D eigenvalue weighted by molar-refractivity contribution is 9.10. The minimum absolute atomic E-state index is 0. The molecule has 3 rings (SSSR count). The number of hydrogen-bond donors (Lipinski definition) is 1. The first-order chi connectivity index (χ1) is 11.4. The van der Waals surface area contributed by atoms with Gasteiger partial charge in [0.05, 0.1) is 7.05 Å². The second-order valence-corrected chi connectivity index (χ2v) is 7.14. The Labute approximate surface area is 173 Å². The lowest BCUT2D eigenvalue weighted by Crippen LogP contribution is -3.00. The van der Waals surface area contributed by atoms with E-state index in [2.05, 4.69) is 51.0 Å². The Bertz CT molecular complexity index is 862. The highest BCUT2D eigenvalue weighted by Gasteiger charge is 2.18. The van der Waals surface area contributed by atoms with Gasteiger partial charge in [0.1, 0.15) is 25.0 Å². The van der Waals surface area contributed by atoms with Crippen molar-refractivity contribution in [3.8, 4) is 5.75 Å². The summed E-state index contributed by atoms with van der Waals surface area (Å²) in [5, 5.41) is 10.3. The maximum atomic E-state index is 10.3. The first-order valence-corrected chi connectivity index (χ1v) is 8.75. The number of ether oxygens (including phenoxy) is 1. The van der Waals surface area contributed by atoms with Crippen molar-refractivity contribution in [2.45, 2.75) is 26.5 Å². The van der Waals surface area contributed by atoms with E-state index in [4.69, 9.17) is 4.74 Å². The van der Waals surface area contributed by atoms with Crippen molar-refractivity contribution in [2.75, 3.05) is 6.61 Å². The van der Waals surface area contributed by atoms with E-state index in [-0.39, 0.29) is 30.6 Å². The number of fused-ring (bicyclic) bond motifs is 1. The molecule has 2 aromatic carbocycles. The maximum Gasteiger partial charge on any atom is 0.244 e. The molecule has 6 heteroatoms. The van der Waals surface area contributed by atoms with Crippen molar-refractivity contribution in [1.82, 2.24) is 4.57 Å². The average molecular weight is 517 g/mol. The van der Waals surface area contributed by atoms with Crippen LogP contribution in [0.2, 0.25) is 0 Å². The van der Waals surface area contributed by atoms with Crippen LogP contribution in [-0.2, 0) is 13.6 Å². The van der Waals surface area contributed by atoms with Crippen LogP contribution in [0.1, 0.15) is 11.1 Å². The summed E-state index contributed by atoms with van der Waals surface area (Å²) < 4.78 is 10.8. The normalized spacial score (nSPS) is 12.0. The fourth-order valence-electron chi connectivity index (χ4n) is 2.78.